The summed E-state index contributed by atoms with van der Waals surface area (Å²) in [6.45, 7) is 0. The van der Waals surface area contributed by atoms with Crippen molar-refractivity contribution in [2.75, 3.05) is 0 Å². The van der Waals surface area contributed by atoms with Gasteiger partial charge in [-0.2, -0.15) is 0 Å². The molecule has 1 nitrogen and oxygen atoms in total. The minimum atomic E-state index is -0.663. The SMILES string of the molecule is C#CCCCC(O)c1cccc(F)c1Br. The number of benzene rings is 1. The number of terminal acetylenes is 1. The van der Waals surface area contributed by atoms with E-state index in [9.17, 15) is 9.50 Å². The lowest BCUT2D eigenvalue weighted by Gasteiger charge is -2.12. The largest absolute Gasteiger partial charge is 0.388 e. The van der Waals surface area contributed by atoms with Crippen LogP contribution in [0.4, 0.5) is 4.39 Å². The zero-order valence-corrected chi connectivity index (χ0v) is 9.80. The minimum Gasteiger partial charge on any atom is -0.388 e. The second kappa shape index (κ2) is 5.89. The van der Waals surface area contributed by atoms with E-state index in [-0.39, 0.29) is 5.82 Å². The van der Waals surface area contributed by atoms with E-state index in [0.717, 1.165) is 6.42 Å². The van der Waals surface area contributed by atoms with Crippen LogP contribution < -0.4 is 0 Å². The van der Waals surface area contributed by atoms with E-state index in [1.807, 2.05) is 0 Å². The summed E-state index contributed by atoms with van der Waals surface area (Å²) in [4.78, 5) is 0. The lowest BCUT2D eigenvalue weighted by molar-refractivity contribution is 0.164. The van der Waals surface area contributed by atoms with Crippen molar-refractivity contribution in [3.8, 4) is 12.3 Å². The summed E-state index contributed by atoms with van der Waals surface area (Å²) in [5, 5.41) is 9.79. The zero-order valence-electron chi connectivity index (χ0n) is 8.21. The van der Waals surface area contributed by atoms with Crippen LogP contribution in [0.2, 0.25) is 0 Å². The molecule has 0 fully saturated rings. The molecular formula is C12H12BrFO. The highest BCUT2D eigenvalue weighted by atomic mass is 79.9. The second-order valence-corrected chi connectivity index (χ2v) is 4.05. The van der Waals surface area contributed by atoms with Gasteiger partial charge in [0, 0.05) is 6.42 Å². The maximum atomic E-state index is 13.1. The smallest absolute Gasteiger partial charge is 0.137 e. The third-order valence-electron chi connectivity index (χ3n) is 2.14. The van der Waals surface area contributed by atoms with Crippen molar-refractivity contribution in [2.45, 2.75) is 25.4 Å². The molecule has 0 radical (unpaired) electrons. The van der Waals surface area contributed by atoms with E-state index < -0.39 is 6.10 Å². The Balaban J connectivity index is 2.70. The molecule has 0 heterocycles. The average molecular weight is 271 g/mol. The van der Waals surface area contributed by atoms with Crippen LogP contribution in [0, 0.1) is 18.2 Å². The number of hydrogen-bond acceptors (Lipinski definition) is 1. The van der Waals surface area contributed by atoms with Gasteiger partial charge in [0.15, 0.2) is 0 Å². The summed E-state index contributed by atoms with van der Waals surface area (Å²) in [5.41, 5.74) is 0.576. The maximum Gasteiger partial charge on any atom is 0.137 e. The Kier molecular flexibility index (Phi) is 4.80. The van der Waals surface area contributed by atoms with Gasteiger partial charge in [-0.15, -0.1) is 12.3 Å². The van der Waals surface area contributed by atoms with Crippen LogP contribution in [-0.4, -0.2) is 5.11 Å². The van der Waals surface area contributed by atoms with Crippen molar-refractivity contribution in [3.63, 3.8) is 0 Å². The molecule has 0 aliphatic rings. The minimum absolute atomic E-state index is 0.332. The number of aliphatic hydroxyl groups is 1. The molecule has 0 bridgehead atoms. The molecule has 1 N–H and O–H groups in total. The van der Waals surface area contributed by atoms with Crippen molar-refractivity contribution in [3.05, 3.63) is 34.1 Å². The first-order valence-electron chi connectivity index (χ1n) is 4.72. The molecule has 1 atom stereocenters. The van der Waals surface area contributed by atoms with Gasteiger partial charge in [0.1, 0.15) is 5.82 Å². The molecule has 0 saturated heterocycles. The molecule has 3 heteroatoms. The molecule has 0 spiro atoms. The summed E-state index contributed by atoms with van der Waals surface area (Å²) < 4.78 is 13.5. The van der Waals surface area contributed by atoms with Gasteiger partial charge in [-0.25, -0.2) is 4.39 Å². The molecule has 0 aromatic heterocycles. The molecule has 15 heavy (non-hydrogen) atoms. The summed E-state index contributed by atoms with van der Waals surface area (Å²) >= 11 is 3.11. The molecule has 0 aliphatic carbocycles. The fraction of sp³-hybridized carbons (Fsp3) is 0.333. The Hall–Kier alpha value is -0.850. The Morgan fingerprint density at radius 3 is 2.93 bits per heavy atom. The number of aliphatic hydroxyl groups excluding tert-OH is 1. The highest BCUT2D eigenvalue weighted by molar-refractivity contribution is 9.10. The quantitative estimate of drug-likeness (QED) is 0.657. The van der Waals surface area contributed by atoms with E-state index in [4.69, 9.17) is 6.42 Å². The van der Waals surface area contributed by atoms with Gasteiger partial charge >= 0.3 is 0 Å². The fourth-order valence-corrected chi connectivity index (χ4v) is 1.86. The number of rotatable bonds is 4. The maximum absolute atomic E-state index is 13.1. The first kappa shape index (κ1) is 12.2. The first-order valence-corrected chi connectivity index (χ1v) is 5.51. The van der Waals surface area contributed by atoms with Crippen molar-refractivity contribution < 1.29 is 9.50 Å². The summed E-state index contributed by atoms with van der Waals surface area (Å²) in [6.07, 6.45) is 6.36. The highest BCUT2D eigenvalue weighted by Gasteiger charge is 2.13. The molecule has 0 amide bonds. The van der Waals surface area contributed by atoms with Crippen LogP contribution in [0.5, 0.6) is 0 Å². The molecule has 1 rings (SSSR count). The van der Waals surface area contributed by atoms with Crippen LogP contribution in [0.1, 0.15) is 30.9 Å². The van der Waals surface area contributed by atoms with Crippen molar-refractivity contribution >= 4 is 15.9 Å². The molecule has 0 saturated carbocycles. The van der Waals surface area contributed by atoms with E-state index in [1.54, 1.807) is 12.1 Å². The fourth-order valence-electron chi connectivity index (χ4n) is 1.33. The van der Waals surface area contributed by atoms with E-state index >= 15 is 0 Å². The number of unbranched alkanes of at least 4 members (excludes halogenated alkanes) is 1. The topological polar surface area (TPSA) is 20.2 Å². The standard InChI is InChI=1S/C12H12BrFO/c1-2-3-4-8-11(15)9-6-5-7-10(14)12(9)13/h1,5-7,11,15H,3-4,8H2. The Morgan fingerprint density at radius 2 is 2.27 bits per heavy atom. The summed E-state index contributed by atoms with van der Waals surface area (Å²) in [5.74, 6) is 2.15. The third-order valence-corrected chi connectivity index (χ3v) is 2.98. The van der Waals surface area contributed by atoms with E-state index in [2.05, 4.69) is 21.9 Å². The Morgan fingerprint density at radius 1 is 1.53 bits per heavy atom. The van der Waals surface area contributed by atoms with Gasteiger partial charge in [0.05, 0.1) is 10.6 Å². The van der Waals surface area contributed by atoms with E-state index in [1.165, 1.54) is 6.07 Å². The predicted molar refractivity (Wildman–Crippen MR) is 61.7 cm³/mol. The van der Waals surface area contributed by atoms with Crippen LogP contribution in [0.3, 0.4) is 0 Å². The molecule has 80 valence electrons. The van der Waals surface area contributed by atoms with Gasteiger partial charge in [-0.05, 0) is 40.4 Å². The van der Waals surface area contributed by atoms with Gasteiger partial charge in [-0.1, -0.05) is 12.1 Å². The monoisotopic (exact) mass is 270 g/mol. The van der Waals surface area contributed by atoms with Crippen LogP contribution in [0.15, 0.2) is 22.7 Å². The van der Waals surface area contributed by atoms with Crippen molar-refractivity contribution in [1.29, 1.82) is 0 Å². The Bertz CT molecular complexity index is 370. The number of hydrogen-bond donors (Lipinski definition) is 1. The average Bonchev–Trinajstić information content (AvgIpc) is 2.22. The summed E-state index contributed by atoms with van der Waals surface area (Å²) in [6, 6.07) is 4.63. The highest BCUT2D eigenvalue weighted by Crippen LogP contribution is 2.28. The lowest BCUT2D eigenvalue weighted by atomic mass is 10.0. The molecule has 1 unspecified atom stereocenters. The normalized spacial score (nSPS) is 12.1. The third kappa shape index (κ3) is 3.33. The summed E-state index contributed by atoms with van der Waals surface area (Å²) in [7, 11) is 0. The second-order valence-electron chi connectivity index (χ2n) is 3.26. The van der Waals surface area contributed by atoms with Crippen LogP contribution in [-0.2, 0) is 0 Å². The van der Waals surface area contributed by atoms with Crippen molar-refractivity contribution in [1.82, 2.24) is 0 Å². The molecule has 1 aromatic rings. The number of halogens is 2. The lowest BCUT2D eigenvalue weighted by Crippen LogP contribution is -1.99. The van der Waals surface area contributed by atoms with Gasteiger partial charge in [0.25, 0.3) is 0 Å². The van der Waals surface area contributed by atoms with Crippen LogP contribution >= 0.6 is 15.9 Å². The van der Waals surface area contributed by atoms with Gasteiger partial charge < -0.3 is 5.11 Å². The van der Waals surface area contributed by atoms with E-state index in [0.29, 0.717) is 22.9 Å². The predicted octanol–water partition coefficient (Wildman–Crippen LogP) is 3.43. The zero-order chi connectivity index (χ0) is 11.3. The Labute approximate surface area is 97.4 Å². The first-order chi connectivity index (χ1) is 7.16. The van der Waals surface area contributed by atoms with Gasteiger partial charge in [-0.3, -0.25) is 0 Å². The molecule has 1 aromatic carbocycles. The molecular weight excluding hydrogens is 259 g/mol. The molecule has 0 aliphatic heterocycles. The van der Waals surface area contributed by atoms with Crippen molar-refractivity contribution in [2.24, 2.45) is 0 Å². The van der Waals surface area contributed by atoms with Gasteiger partial charge in [0.2, 0.25) is 0 Å². The van der Waals surface area contributed by atoms with Crippen LogP contribution in [0.25, 0.3) is 0 Å².